The number of rotatable bonds is 8. The Balaban J connectivity index is 1.66. The maximum atomic E-state index is 12.6. The van der Waals surface area contributed by atoms with Crippen molar-refractivity contribution in [2.75, 3.05) is 4.72 Å². The molecule has 0 heterocycles. The van der Waals surface area contributed by atoms with Crippen molar-refractivity contribution in [1.29, 1.82) is 0 Å². The lowest BCUT2D eigenvalue weighted by Gasteiger charge is -2.09. The van der Waals surface area contributed by atoms with E-state index in [4.69, 9.17) is 11.6 Å². The van der Waals surface area contributed by atoms with Crippen LogP contribution in [0.2, 0.25) is 5.02 Å². The average molecular weight is 485 g/mol. The average Bonchev–Trinajstić information content (AvgIpc) is 2.80. The standard InChI is InChI=1S/C22H17ClN4O5S/c23-18-10-12-19(13-11-18)26-33(31,32)20-8-3-6-17(15-20)22(28)25-24-14-4-7-16-5-1-2-9-21(16)27(29)30/h1-15,26H,(H,25,28)/b7-4+,24-14+. The van der Waals surface area contributed by atoms with Crippen molar-refractivity contribution in [3.05, 3.63) is 105 Å². The maximum Gasteiger partial charge on any atom is 0.276 e. The molecule has 0 fully saturated rings. The summed E-state index contributed by atoms with van der Waals surface area (Å²) in [4.78, 5) is 22.7. The lowest BCUT2D eigenvalue weighted by molar-refractivity contribution is -0.385. The van der Waals surface area contributed by atoms with E-state index >= 15 is 0 Å². The Morgan fingerprint density at radius 2 is 1.76 bits per heavy atom. The van der Waals surface area contributed by atoms with Gasteiger partial charge in [-0.05, 0) is 60.7 Å². The van der Waals surface area contributed by atoms with E-state index in [0.29, 0.717) is 16.3 Å². The second kappa shape index (κ2) is 10.5. The minimum absolute atomic E-state index is 0.0589. The number of carbonyl (C=O) groups excluding carboxylic acids is 1. The third kappa shape index (κ3) is 6.48. The van der Waals surface area contributed by atoms with Gasteiger partial charge in [-0.2, -0.15) is 5.10 Å². The molecule has 0 saturated heterocycles. The molecule has 33 heavy (non-hydrogen) atoms. The summed E-state index contributed by atoms with van der Waals surface area (Å²) in [5.74, 6) is -0.631. The highest BCUT2D eigenvalue weighted by Crippen LogP contribution is 2.20. The van der Waals surface area contributed by atoms with Crippen molar-refractivity contribution in [1.82, 2.24) is 5.43 Å². The molecule has 0 aromatic heterocycles. The number of benzene rings is 3. The molecule has 0 aliphatic rings. The number of halogens is 1. The smallest absolute Gasteiger partial charge is 0.276 e. The SMILES string of the molecule is O=C(N/N=C/C=C/c1ccccc1[N+](=O)[O-])c1cccc(S(=O)(=O)Nc2ccc(Cl)cc2)c1. The number of para-hydroxylation sites is 1. The van der Waals surface area contributed by atoms with Gasteiger partial charge < -0.3 is 0 Å². The zero-order chi connectivity index (χ0) is 23.8. The van der Waals surface area contributed by atoms with Crippen LogP contribution in [0.3, 0.4) is 0 Å². The van der Waals surface area contributed by atoms with Gasteiger partial charge in [-0.3, -0.25) is 19.6 Å². The highest BCUT2D eigenvalue weighted by Gasteiger charge is 2.16. The van der Waals surface area contributed by atoms with Gasteiger partial charge in [0.2, 0.25) is 0 Å². The van der Waals surface area contributed by atoms with E-state index in [-0.39, 0.29) is 16.1 Å². The monoisotopic (exact) mass is 484 g/mol. The molecule has 0 unspecified atom stereocenters. The molecule has 3 aromatic carbocycles. The molecule has 3 aromatic rings. The first-order chi connectivity index (χ1) is 15.8. The molecular formula is C22H17ClN4O5S. The van der Waals surface area contributed by atoms with Gasteiger partial charge in [0.15, 0.2) is 0 Å². The molecule has 0 radical (unpaired) electrons. The summed E-state index contributed by atoms with van der Waals surface area (Å²) in [6, 6.07) is 17.7. The van der Waals surface area contributed by atoms with Crippen molar-refractivity contribution >= 4 is 51.2 Å². The second-order valence-electron chi connectivity index (χ2n) is 6.53. The zero-order valence-corrected chi connectivity index (χ0v) is 18.5. The maximum absolute atomic E-state index is 12.6. The van der Waals surface area contributed by atoms with Crippen molar-refractivity contribution < 1.29 is 18.1 Å². The fourth-order valence-corrected chi connectivity index (χ4v) is 3.91. The number of nitrogens with one attached hydrogen (secondary N) is 2. The van der Waals surface area contributed by atoms with Crippen LogP contribution in [0, 0.1) is 10.1 Å². The lowest BCUT2D eigenvalue weighted by atomic mass is 10.2. The predicted molar refractivity (Wildman–Crippen MR) is 127 cm³/mol. The summed E-state index contributed by atoms with van der Waals surface area (Å²) in [7, 11) is -3.93. The molecule has 11 heteroatoms. The van der Waals surface area contributed by atoms with Gasteiger partial charge in [-0.15, -0.1) is 0 Å². The molecule has 2 N–H and O–H groups in total. The number of nitro benzene ring substituents is 1. The summed E-state index contributed by atoms with van der Waals surface area (Å²) >= 11 is 5.80. The predicted octanol–water partition coefficient (Wildman–Crippen LogP) is 4.48. The fourth-order valence-electron chi connectivity index (χ4n) is 2.68. The summed E-state index contributed by atoms with van der Waals surface area (Å²) in [6.07, 6.45) is 4.15. The minimum Gasteiger partial charge on any atom is -0.280 e. The largest absolute Gasteiger partial charge is 0.280 e. The quantitative estimate of drug-likeness (QED) is 0.276. The Bertz CT molecular complexity index is 1340. The first-order valence-electron chi connectivity index (χ1n) is 9.38. The van der Waals surface area contributed by atoms with Crippen molar-refractivity contribution in [2.24, 2.45) is 5.10 Å². The van der Waals surface area contributed by atoms with Crippen LogP contribution in [-0.4, -0.2) is 25.5 Å². The van der Waals surface area contributed by atoms with Gasteiger partial charge in [0.25, 0.3) is 21.6 Å². The van der Waals surface area contributed by atoms with Gasteiger partial charge >= 0.3 is 0 Å². The zero-order valence-electron chi connectivity index (χ0n) is 16.9. The van der Waals surface area contributed by atoms with Crippen LogP contribution in [0.4, 0.5) is 11.4 Å². The third-order valence-corrected chi connectivity index (χ3v) is 5.87. The molecule has 9 nitrogen and oxygen atoms in total. The van der Waals surface area contributed by atoms with Crippen LogP contribution in [-0.2, 0) is 10.0 Å². The van der Waals surface area contributed by atoms with E-state index < -0.39 is 20.9 Å². The molecule has 1 amide bonds. The van der Waals surface area contributed by atoms with Crippen molar-refractivity contribution in [2.45, 2.75) is 4.90 Å². The van der Waals surface area contributed by atoms with Gasteiger partial charge in [-0.1, -0.05) is 29.8 Å². The molecular weight excluding hydrogens is 468 g/mol. The van der Waals surface area contributed by atoms with Gasteiger partial charge in [-0.25, -0.2) is 13.8 Å². The highest BCUT2D eigenvalue weighted by molar-refractivity contribution is 7.92. The molecule has 3 rings (SSSR count). The van der Waals surface area contributed by atoms with E-state index in [1.807, 2.05) is 0 Å². The van der Waals surface area contributed by atoms with Gasteiger partial charge in [0, 0.05) is 28.6 Å². The van der Waals surface area contributed by atoms with E-state index in [1.54, 1.807) is 30.3 Å². The molecule has 0 aliphatic heterocycles. The summed E-state index contributed by atoms with van der Waals surface area (Å²) in [6.45, 7) is 0. The molecule has 0 spiro atoms. The Kier molecular flexibility index (Phi) is 7.54. The number of amides is 1. The Hall–Kier alpha value is -4.02. The van der Waals surface area contributed by atoms with E-state index in [1.165, 1.54) is 60.8 Å². The van der Waals surface area contributed by atoms with Crippen LogP contribution >= 0.6 is 11.6 Å². The number of allylic oxidation sites excluding steroid dienone is 1. The molecule has 0 aliphatic carbocycles. The Labute approximate surface area is 194 Å². The second-order valence-corrected chi connectivity index (χ2v) is 8.65. The topological polar surface area (TPSA) is 131 Å². The van der Waals surface area contributed by atoms with Gasteiger partial charge in [0.05, 0.1) is 15.4 Å². The number of hydrogen-bond donors (Lipinski definition) is 2. The minimum atomic E-state index is -3.93. The van der Waals surface area contributed by atoms with Crippen molar-refractivity contribution in [3.63, 3.8) is 0 Å². The number of anilines is 1. The first-order valence-corrected chi connectivity index (χ1v) is 11.2. The van der Waals surface area contributed by atoms with E-state index in [2.05, 4.69) is 15.2 Å². The summed E-state index contributed by atoms with van der Waals surface area (Å²) < 4.78 is 27.6. The van der Waals surface area contributed by atoms with Crippen molar-refractivity contribution in [3.8, 4) is 0 Å². The van der Waals surface area contributed by atoms with E-state index in [0.717, 1.165) is 0 Å². The van der Waals surface area contributed by atoms with Gasteiger partial charge in [0.1, 0.15) is 0 Å². The number of hydrazone groups is 1. The molecule has 168 valence electrons. The number of nitrogens with zero attached hydrogens (tertiary/aromatic N) is 2. The number of hydrogen-bond acceptors (Lipinski definition) is 6. The summed E-state index contributed by atoms with van der Waals surface area (Å²) in [5, 5.41) is 15.2. The first kappa shape index (κ1) is 23.6. The highest BCUT2D eigenvalue weighted by atomic mass is 35.5. The Morgan fingerprint density at radius 3 is 2.48 bits per heavy atom. The number of carbonyl (C=O) groups is 1. The molecule has 0 atom stereocenters. The fraction of sp³-hybridized carbons (Fsp3) is 0. The van der Waals surface area contributed by atoms with Crippen LogP contribution < -0.4 is 10.1 Å². The number of sulfonamides is 1. The summed E-state index contributed by atoms with van der Waals surface area (Å²) in [5.41, 5.74) is 3.00. The Morgan fingerprint density at radius 1 is 1.03 bits per heavy atom. The van der Waals surface area contributed by atoms with Crippen LogP contribution in [0.25, 0.3) is 6.08 Å². The van der Waals surface area contributed by atoms with Crippen LogP contribution in [0.15, 0.2) is 88.9 Å². The normalized spacial score (nSPS) is 11.5. The van der Waals surface area contributed by atoms with Crippen LogP contribution in [0.5, 0.6) is 0 Å². The third-order valence-electron chi connectivity index (χ3n) is 4.24. The molecule has 0 saturated carbocycles. The molecule has 0 bridgehead atoms. The van der Waals surface area contributed by atoms with E-state index in [9.17, 15) is 23.3 Å². The lowest BCUT2D eigenvalue weighted by Crippen LogP contribution is -2.19. The van der Waals surface area contributed by atoms with Crippen LogP contribution in [0.1, 0.15) is 15.9 Å². The number of nitro groups is 1.